The van der Waals surface area contributed by atoms with Crippen LogP contribution in [-0.4, -0.2) is 34.9 Å². The van der Waals surface area contributed by atoms with E-state index in [2.05, 4.69) is 113 Å². The van der Waals surface area contributed by atoms with Crippen LogP contribution < -0.4 is 9.80 Å². The second-order valence-electron chi connectivity index (χ2n) is 13.1. The predicted molar refractivity (Wildman–Crippen MR) is 223 cm³/mol. The summed E-state index contributed by atoms with van der Waals surface area (Å²) in [5, 5.41) is 19.0. The molecule has 10 aromatic rings. The van der Waals surface area contributed by atoms with Gasteiger partial charge in [-0.2, -0.15) is 22.9 Å². The molecule has 4 aromatic heterocycles. The van der Waals surface area contributed by atoms with E-state index in [1.165, 1.54) is 6.33 Å². The first kappa shape index (κ1) is 39.2. The molecule has 6 aromatic carbocycles. The largest absolute Gasteiger partial charge is 2.00 e. The van der Waals surface area contributed by atoms with E-state index in [0.29, 0.717) is 5.95 Å². The Morgan fingerprint density at radius 3 is 1.29 bits per heavy atom. The smallest absolute Gasteiger partial charge is 0.352 e. The number of fused-ring (bicyclic) bond motifs is 3. The normalized spacial score (nSPS) is 10.8. The Kier molecular flexibility index (Phi) is 11.6. The van der Waals surface area contributed by atoms with Crippen molar-refractivity contribution in [1.29, 1.82) is 0 Å². The van der Waals surface area contributed by atoms with Gasteiger partial charge in [0.15, 0.2) is 6.33 Å². The minimum atomic E-state index is 0. The molecule has 286 valence electrons. The molecule has 0 N–H and O–H groups in total. The van der Waals surface area contributed by atoms with E-state index in [9.17, 15) is 0 Å². The number of benzene rings is 6. The molecule has 0 aliphatic rings. The van der Waals surface area contributed by atoms with Gasteiger partial charge >= 0.3 is 42.1 Å². The van der Waals surface area contributed by atoms with Crippen LogP contribution in [0.25, 0.3) is 50.3 Å². The van der Waals surface area contributed by atoms with Gasteiger partial charge in [-0.3, -0.25) is 0 Å². The summed E-state index contributed by atoms with van der Waals surface area (Å²) < 4.78 is 1.92. The van der Waals surface area contributed by atoms with E-state index >= 15 is 0 Å². The Hall–Kier alpha value is -6.66. The number of nitrogens with zero attached hydrogens (tertiary/aromatic N) is 9. The number of rotatable bonds is 9. The van der Waals surface area contributed by atoms with Crippen LogP contribution in [0.5, 0.6) is 0 Å². The van der Waals surface area contributed by atoms with Gasteiger partial charge in [0, 0.05) is 23.8 Å². The maximum Gasteiger partial charge on any atom is 2.00 e. The van der Waals surface area contributed by atoms with E-state index in [-0.39, 0.29) is 42.1 Å². The van der Waals surface area contributed by atoms with Crippen LogP contribution in [0.1, 0.15) is 0 Å². The number of pyridine rings is 2. The van der Waals surface area contributed by atoms with Gasteiger partial charge in [-0.05, 0) is 59.2 Å². The second-order valence-corrected chi connectivity index (χ2v) is 13.1. The summed E-state index contributed by atoms with van der Waals surface area (Å²) in [6.45, 7) is 0. The predicted octanol–water partition coefficient (Wildman–Crippen LogP) is 10.6. The van der Waals surface area contributed by atoms with Gasteiger partial charge in [0.1, 0.15) is 0 Å². The Morgan fingerprint density at radius 1 is 0.407 bits per heavy atom. The van der Waals surface area contributed by atoms with E-state index in [1.54, 1.807) is 12.4 Å². The fourth-order valence-electron chi connectivity index (χ4n) is 7.08. The minimum Gasteiger partial charge on any atom is -0.352 e. The van der Waals surface area contributed by atoms with E-state index in [4.69, 9.17) is 0 Å². The van der Waals surface area contributed by atoms with Crippen molar-refractivity contribution in [2.75, 3.05) is 9.80 Å². The number of anilines is 6. The topological polar surface area (TPSA) is 88.8 Å². The average Bonchev–Trinajstić information content (AvgIpc) is 3.61. The van der Waals surface area contributed by atoms with Crippen molar-refractivity contribution in [3.8, 4) is 28.5 Å². The molecule has 0 saturated carbocycles. The molecule has 10 rings (SSSR count). The van der Waals surface area contributed by atoms with E-state index in [0.717, 1.165) is 78.4 Å². The maximum absolute atomic E-state index is 4.58. The van der Waals surface area contributed by atoms with Crippen LogP contribution in [0.4, 0.5) is 34.1 Å². The molecule has 4 heterocycles. The molecule has 0 aliphatic heterocycles. The third kappa shape index (κ3) is 7.71. The Labute approximate surface area is 369 Å². The van der Waals surface area contributed by atoms with E-state index < -0.39 is 0 Å². The van der Waals surface area contributed by atoms with Crippen molar-refractivity contribution in [3.05, 3.63) is 201 Å². The molecule has 11 heteroatoms. The van der Waals surface area contributed by atoms with Crippen LogP contribution in [0.2, 0.25) is 0 Å². The van der Waals surface area contributed by atoms with Crippen LogP contribution in [0.15, 0.2) is 176 Å². The van der Waals surface area contributed by atoms with Crippen LogP contribution in [0.3, 0.4) is 0 Å². The molecule has 0 bridgehead atoms. The summed E-state index contributed by atoms with van der Waals surface area (Å²) in [6, 6.07) is 67.4. The molecule has 0 fully saturated rings. The fraction of sp³-hybridized carbons (Fsp3) is 0. The summed E-state index contributed by atoms with van der Waals surface area (Å²) in [6.07, 6.45) is 4.91. The average molecular weight is 1120 g/mol. The molecule has 0 atom stereocenters. The molecule has 59 heavy (non-hydrogen) atoms. The summed E-state index contributed by atoms with van der Waals surface area (Å²) in [5.41, 5.74) is 10.0. The molecule has 0 unspecified atom stereocenters. The van der Waals surface area contributed by atoms with Gasteiger partial charge < -0.3 is 24.3 Å². The van der Waals surface area contributed by atoms with Crippen LogP contribution in [-0.2, 0) is 42.1 Å². The first-order valence-corrected chi connectivity index (χ1v) is 18.3. The summed E-state index contributed by atoms with van der Waals surface area (Å²) in [4.78, 5) is 13.4. The zero-order valence-corrected chi connectivity index (χ0v) is 35.4. The molecular formula is C48H29N9Pt2. The van der Waals surface area contributed by atoms with Crippen molar-refractivity contribution in [1.82, 2.24) is 34.9 Å². The van der Waals surface area contributed by atoms with Gasteiger partial charge in [-0.15, -0.1) is 104 Å². The number of hydrogen-bond donors (Lipinski definition) is 0. The number of hydrogen-bond acceptors (Lipinski definition) is 8. The molecule has 0 amide bonds. The molecule has 0 radical (unpaired) electrons. The van der Waals surface area contributed by atoms with Crippen molar-refractivity contribution in [2.24, 2.45) is 0 Å². The van der Waals surface area contributed by atoms with Gasteiger partial charge in [0.05, 0.1) is 0 Å². The SMILES string of the molecule is [Pt+2].[Pt+2].[c-]1c(-c2ccccn2)cccc1N(c1[c-]c2c(cc1)c1ccc(N(c3[c-]c(-c4ccccn4)ccc3)c3ccccc3)[c-]c1n2-c1nncnn1)c1ccccc1. The monoisotopic (exact) mass is 1120 g/mol. The summed E-state index contributed by atoms with van der Waals surface area (Å²) in [7, 11) is 0. The van der Waals surface area contributed by atoms with Crippen molar-refractivity contribution >= 4 is 55.9 Å². The van der Waals surface area contributed by atoms with Gasteiger partial charge in [-0.25, -0.2) is 0 Å². The van der Waals surface area contributed by atoms with E-state index in [1.807, 2.05) is 114 Å². The Bertz CT molecular complexity index is 2790. The summed E-state index contributed by atoms with van der Waals surface area (Å²) in [5.74, 6) is 0.296. The third-order valence-electron chi connectivity index (χ3n) is 9.59. The number of aromatic nitrogens is 7. The zero-order valence-electron chi connectivity index (χ0n) is 30.9. The molecule has 0 aliphatic carbocycles. The van der Waals surface area contributed by atoms with Crippen molar-refractivity contribution in [3.63, 3.8) is 0 Å². The van der Waals surface area contributed by atoms with Crippen LogP contribution in [0, 0.1) is 24.3 Å². The maximum atomic E-state index is 4.58. The standard InChI is InChI=1S/C48H29N9.2Pt/c1-3-15-36(16-4-1)55(38-19-11-13-34(29-38)44-21-7-9-27-49-44)40-23-25-42-43-26-24-41(32-47(43)57(46(42)31-40)48-53-51-33-52-54-48)56(37-17-5-2-6-18-37)39-20-12-14-35(30-39)45-22-8-10-28-50-45;;/h1-28,33H;;/q-4;2*+2. The molecule has 9 nitrogen and oxygen atoms in total. The van der Waals surface area contributed by atoms with Gasteiger partial charge in [0.25, 0.3) is 5.95 Å². The van der Waals surface area contributed by atoms with Crippen LogP contribution >= 0.6 is 0 Å². The van der Waals surface area contributed by atoms with Crippen molar-refractivity contribution in [2.45, 2.75) is 0 Å². The first-order valence-electron chi connectivity index (χ1n) is 18.3. The number of para-hydroxylation sites is 2. The molecule has 0 spiro atoms. The molecule has 0 saturated heterocycles. The van der Waals surface area contributed by atoms with Crippen molar-refractivity contribution < 1.29 is 42.1 Å². The second kappa shape index (κ2) is 17.5. The first-order chi connectivity index (χ1) is 28.3. The minimum absolute atomic E-state index is 0. The Balaban J connectivity index is 0.00000242. The summed E-state index contributed by atoms with van der Waals surface area (Å²) >= 11 is 0. The Morgan fingerprint density at radius 2 is 0.847 bits per heavy atom. The van der Waals surface area contributed by atoms with Gasteiger partial charge in [-0.1, -0.05) is 83.1 Å². The quantitative estimate of drug-likeness (QED) is 0.132. The van der Waals surface area contributed by atoms with Gasteiger partial charge in [0.2, 0.25) is 0 Å². The zero-order chi connectivity index (χ0) is 38.0. The fourth-order valence-corrected chi connectivity index (χ4v) is 7.08. The third-order valence-corrected chi connectivity index (χ3v) is 9.59. The molecular weight excluding hydrogens is 1090 g/mol.